The van der Waals surface area contributed by atoms with Gasteiger partial charge in [0, 0.05) is 0 Å². The molecule has 0 amide bonds. The van der Waals surface area contributed by atoms with Crippen molar-refractivity contribution >= 4 is 0 Å². The van der Waals surface area contributed by atoms with Crippen LogP contribution in [-0.4, -0.2) is 23.2 Å². The lowest BCUT2D eigenvalue weighted by molar-refractivity contribution is -0.530. The van der Waals surface area contributed by atoms with Crippen molar-refractivity contribution in [3.8, 4) is 0 Å². The van der Waals surface area contributed by atoms with Crippen LogP contribution in [-0.2, 0) is 24.3 Å². The maximum atomic E-state index is 8.78. The van der Waals surface area contributed by atoms with Crippen LogP contribution in [0, 0.1) is 0 Å². The van der Waals surface area contributed by atoms with Gasteiger partial charge in [0.2, 0.25) is 6.29 Å². The third-order valence-corrected chi connectivity index (χ3v) is 1.56. The van der Waals surface area contributed by atoms with Gasteiger partial charge in [0.25, 0.3) is 0 Å². The largest absolute Gasteiger partial charge is 0.385 e. The van der Waals surface area contributed by atoms with Gasteiger partial charge in [0.15, 0.2) is 0 Å². The number of rotatable bonds is 0. The smallest absolute Gasteiger partial charge is 0.363 e. The molecule has 6 nitrogen and oxygen atoms in total. The lowest BCUT2D eigenvalue weighted by atomic mass is 10.2. The Morgan fingerprint density at radius 3 is 2.67 bits per heavy atom. The van der Waals surface area contributed by atoms with E-state index in [1.165, 1.54) is 0 Å². The van der Waals surface area contributed by atoms with E-state index in [0.717, 1.165) is 0 Å². The first-order valence-corrected chi connectivity index (χ1v) is 2.39. The van der Waals surface area contributed by atoms with Crippen molar-refractivity contribution in [2.24, 2.45) is 0 Å². The number of epoxide rings is 1. The fraction of sp³-hybridized carbons (Fsp3) is 1.00. The average molecular weight is 134 g/mol. The van der Waals surface area contributed by atoms with Gasteiger partial charge < -0.3 is 5.11 Å². The molecule has 1 N–H and O–H groups in total. The van der Waals surface area contributed by atoms with Gasteiger partial charge >= 0.3 is 11.8 Å². The van der Waals surface area contributed by atoms with Gasteiger partial charge in [-0.15, -0.1) is 4.89 Å². The third-order valence-electron chi connectivity index (χ3n) is 1.56. The molecule has 3 fully saturated rings. The molecule has 9 heavy (non-hydrogen) atoms. The van der Waals surface area contributed by atoms with Crippen LogP contribution in [0.3, 0.4) is 0 Å². The van der Waals surface area contributed by atoms with E-state index in [2.05, 4.69) is 19.6 Å². The normalized spacial score (nSPS) is 68.3. The van der Waals surface area contributed by atoms with Gasteiger partial charge in [0.1, 0.15) is 0 Å². The Hall–Kier alpha value is -0.240. The highest BCUT2D eigenvalue weighted by molar-refractivity contribution is 5.08. The standard InChI is InChI=1S/C3H2O6/c4-1-2-3(5-1,6-2)8-9-7-2/h1,4H. The lowest BCUT2D eigenvalue weighted by Crippen LogP contribution is -2.51. The van der Waals surface area contributed by atoms with Crippen molar-refractivity contribution in [2.45, 2.75) is 18.1 Å². The molecule has 0 saturated carbocycles. The van der Waals surface area contributed by atoms with E-state index in [9.17, 15) is 0 Å². The topological polar surface area (TPSA) is 69.7 Å². The van der Waals surface area contributed by atoms with Crippen molar-refractivity contribution in [3.63, 3.8) is 0 Å². The quantitative estimate of drug-likeness (QED) is 0.325. The number of hydrogen-bond acceptors (Lipinski definition) is 6. The molecule has 3 heterocycles. The maximum Gasteiger partial charge on any atom is 0.385 e. The average Bonchev–Trinajstić information content (AvgIpc) is 2.25. The fourth-order valence-corrected chi connectivity index (χ4v) is 0.965. The maximum absolute atomic E-state index is 8.78. The van der Waals surface area contributed by atoms with E-state index < -0.39 is 18.1 Å². The molecule has 0 bridgehead atoms. The number of ether oxygens (including phenoxy) is 2. The molecule has 0 spiro atoms. The number of aliphatic hydroxyl groups excluding tert-OH is 1. The highest BCUT2D eigenvalue weighted by Crippen LogP contribution is 2.66. The van der Waals surface area contributed by atoms with Crippen LogP contribution in [0.2, 0.25) is 0 Å². The lowest BCUT2D eigenvalue weighted by Gasteiger charge is -2.21. The van der Waals surface area contributed by atoms with Crippen LogP contribution in [0.15, 0.2) is 0 Å². The summed E-state index contributed by atoms with van der Waals surface area (Å²) in [5.41, 5.74) is 0. The van der Waals surface area contributed by atoms with E-state index >= 15 is 0 Å². The number of hydrogen-bond donors (Lipinski definition) is 1. The molecule has 3 saturated heterocycles. The first-order chi connectivity index (χ1) is 4.29. The van der Waals surface area contributed by atoms with E-state index in [1.807, 2.05) is 0 Å². The molecule has 3 aliphatic heterocycles. The molecule has 0 radical (unpaired) electrons. The first-order valence-electron chi connectivity index (χ1n) is 2.39. The molecule has 3 unspecified atom stereocenters. The second-order valence-electron chi connectivity index (χ2n) is 2.03. The zero-order valence-corrected chi connectivity index (χ0v) is 4.07. The van der Waals surface area contributed by atoms with Gasteiger partial charge in [0.05, 0.1) is 0 Å². The van der Waals surface area contributed by atoms with Crippen LogP contribution in [0.25, 0.3) is 0 Å². The third kappa shape index (κ3) is 0.255. The predicted molar refractivity (Wildman–Crippen MR) is 16.9 cm³/mol. The van der Waals surface area contributed by atoms with Gasteiger partial charge in [-0.3, -0.25) is 9.47 Å². The van der Waals surface area contributed by atoms with Gasteiger partial charge in [-0.05, 0) is 0 Å². The Bertz CT molecular complexity index is 173. The summed E-state index contributed by atoms with van der Waals surface area (Å²) in [7, 11) is 0. The van der Waals surface area contributed by atoms with E-state index in [0.29, 0.717) is 0 Å². The second-order valence-corrected chi connectivity index (χ2v) is 2.03. The van der Waals surface area contributed by atoms with Crippen molar-refractivity contribution in [3.05, 3.63) is 0 Å². The van der Waals surface area contributed by atoms with Gasteiger partial charge in [-0.25, -0.2) is 0 Å². The Balaban J connectivity index is 2.03. The zero-order chi connectivity index (χ0) is 6.11. The molecule has 0 aromatic rings. The molecule has 3 aliphatic rings. The summed E-state index contributed by atoms with van der Waals surface area (Å²) < 4.78 is 9.29. The van der Waals surface area contributed by atoms with Crippen molar-refractivity contribution < 1.29 is 29.4 Å². The summed E-state index contributed by atoms with van der Waals surface area (Å²) in [5.74, 6) is -2.42. The Labute approximate surface area is 48.7 Å². The Morgan fingerprint density at radius 1 is 1.33 bits per heavy atom. The molecule has 0 aliphatic carbocycles. The summed E-state index contributed by atoms with van der Waals surface area (Å²) in [4.78, 5) is 8.74. The molecule has 6 heteroatoms. The Kier molecular flexibility index (Phi) is 0.460. The monoisotopic (exact) mass is 134 g/mol. The van der Waals surface area contributed by atoms with Crippen LogP contribution in [0.1, 0.15) is 0 Å². The van der Waals surface area contributed by atoms with Crippen LogP contribution < -0.4 is 0 Å². The highest BCUT2D eigenvalue weighted by atomic mass is 17.6. The summed E-state index contributed by atoms with van der Waals surface area (Å²) in [6, 6.07) is 0. The SMILES string of the molecule is OC1OC23OOOC12O3. The number of aliphatic hydroxyl groups is 1. The summed E-state index contributed by atoms with van der Waals surface area (Å²) in [6.07, 6.45) is -1.10. The van der Waals surface area contributed by atoms with Gasteiger partial charge in [-0.1, -0.05) is 5.04 Å². The van der Waals surface area contributed by atoms with Crippen LogP contribution in [0.5, 0.6) is 0 Å². The first kappa shape index (κ1) is 4.56. The minimum atomic E-state index is -1.24. The van der Waals surface area contributed by atoms with Crippen LogP contribution >= 0.6 is 0 Å². The molecular weight excluding hydrogens is 132 g/mol. The molecule has 50 valence electrons. The molecule has 3 rings (SSSR count). The van der Waals surface area contributed by atoms with E-state index in [-0.39, 0.29) is 0 Å². The minimum Gasteiger partial charge on any atom is -0.363 e. The molecule has 3 atom stereocenters. The van der Waals surface area contributed by atoms with E-state index in [4.69, 9.17) is 9.84 Å². The predicted octanol–water partition coefficient (Wildman–Crippen LogP) is -1.39. The molecule has 0 aromatic carbocycles. The summed E-state index contributed by atoms with van der Waals surface area (Å²) >= 11 is 0. The van der Waals surface area contributed by atoms with Crippen molar-refractivity contribution in [1.29, 1.82) is 0 Å². The molecule has 0 aromatic heterocycles. The molecular formula is C3H2O6. The van der Waals surface area contributed by atoms with E-state index in [1.54, 1.807) is 0 Å². The van der Waals surface area contributed by atoms with Gasteiger partial charge in [-0.2, -0.15) is 4.89 Å². The fourth-order valence-electron chi connectivity index (χ4n) is 0.965. The summed E-state index contributed by atoms with van der Waals surface area (Å²) in [5, 5.41) is 12.8. The highest BCUT2D eigenvalue weighted by Gasteiger charge is 2.96. The van der Waals surface area contributed by atoms with Crippen molar-refractivity contribution in [1.82, 2.24) is 0 Å². The minimum absolute atomic E-state index is 1.10. The zero-order valence-electron chi connectivity index (χ0n) is 4.07. The van der Waals surface area contributed by atoms with Crippen LogP contribution in [0.4, 0.5) is 0 Å². The summed E-state index contributed by atoms with van der Waals surface area (Å²) in [6.45, 7) is 0. The second kappa shape index (κ2) is 0.908. The Morgan fingerprint density at radius 2 is 2.22 bits per heavy atom. The van der Waals surface area contributed by atoms with Crippen molar-refractivity contribution in [2.75, 3.05) is 0 Å².